The summed E-state index contributed by atoms with van der Waals surface area (Å²) in [5, 5.41) is 23.2. The zero-order valence-electron chi connectivity index (χ0n) is 44.9. The van der Waals surface area contributed by atoms with Gasteiger partial charge in [0.2, 0.25) is 5.91 Å². The summed E-state index contributed by atoms with van der Waals surface area (Å²) in [6.07, 6.45) is 70.2. The third kappa shape index (κ3) is 53.3. The average molecular weight is 943 g/mol. The van der Waals surface area contributed by atoms with Gasteiger partial charge >= 0.3 is 5.97 Å². The number of allylic oxidation sites excluding steroid dienone is 5. The Balaban J connectivity index is 3.50. The van der Waals surface area contributed by atoms with Gasteiger partial charge in [0.05, 0.1) is 25.4 Å². The molecule has 1 amide bonds. The highest BCUT2D eigenvalue weighted by molar-refractivity contribution is 5.76. The molecule has 0 heterocycles. The van der Waals surface area contributed by atoms with E-state index < -0.39 is 12.1 Å². The molecule has 2 atom stereocenters. The van der Waals surface area contributed by atoms with Gasteiger partial charge in [-0.2, -0.15) is 0 Å². The lowest BCUT2D eigenvalue weighted by Gasteiger charge is -2.20. The highest BCUT2D eigenvalue weighted by Gasteiger charge is 2.18. The summed E-state index contributed by atoms with van der Waals surface area (Å²) in [5.41, 5.74) is 0. The van der Waals surface area contributed by atoms with E-state index in [1.54, 1.807) is 6.08 Å². The molecule has 67 heavy (non-hydrogen) atoms. The minimum absolute atomic E-state index is 0.0120. The van der Waals surface area contributed by atoms with E-state index in [-0.39, 0.29) is 18.5 Å². The van der Waals surface area contributed by atoms with Crippen LogP contribution in [-0.2, 0) is 14.3 Å². The second-order valence-electron chi connectivity index (χ2n) is 20.3. The fourth-order valence-electron chi connectivity index (χ4n) is 9.03. The fraction of sp³-hybridized carbons (Fsp3) is 0.869. The molecule has 6 heteroatoms. The van der Waals surface area contributed by atoms with E-state index in [4.69, 9.17) is 4.74 Å². The number of carbonyl (C=O) groups excluding carboxylic acids is 2. The zero-order chi connectivity index (χ0) is 48.6. The molecule has 0 aromatic rings. The standard InChI is InChI=1S/C61H115NO5/c1-3-5-7-9-11-13-15-17-18-19-20-21-23-26-30-33-37-41-45-49-53-59(64)58(57-63)62-60(65)54-50-46-42-38-34-31-27-24-22-25-28-32-36-40-44-48-52-56-67-61(66)55-51-47-43-39-35-29-16-14-12-10-8-6-4-2/h14,16,22,25,49,53,58-59,63-64H,3-13,15,17-21,23-24,26-48,50-52,54-57H2,1-2H3,(H,62,65)/b16-14-,25-22-,53-49+. The zero-order valence-corrected chi connectivity index (χ0v) is 44.9. The van der Waals surface area contributed by atoms with Crippen LogP contribution >= 0.6 is 0 Å². The molecule has 0 aliphatic rings. The maximum Gasteiger partial charge on any atom is 0.305 e. The third-order valence-electron chi connectivity index (χ3n) is 13.6. The first kappa shape index (κ1) is 65.1. The van der Waals surface area contributed by atoms with Gasteiger partial charge < -0.3 is 20.3 Å². The molecule has 0 aromatic heterocycles. The summed E-state index contributed by atoms with van der Waals surface area (Å²) in [4.78, 5) is 24.5. The van der Waals surface area contributed by atoms with Gasteiger partial charge in [-0.25, -0.2) is 0 Å². The van der Waals surface area contributed by atoms with Crippen molar-refractivity contribution in [2.75, 3.05) is 13.2 Å². The molecule has 0 rings (SSSR count). The van der Waals surface area contributed by atoms with Crippen LogP contribution in [0.25, 0.3) is 0 Å². The van der Waals surface area contributed by atoms with Crippen molar-refractivity contribution in [3.8, 4) is 0 Å². The second kappa shape index (κ2) is 56.7. The number of hydrogen-bond acceptors (Lipinski definition) is 5. The lowest BCUT2D eigenvalue weighted by atomic mass is 10.0. The minimum Gasteiger partial charge on any atom is -0.466 e. The normalized spacial score (nSPS) is 12.8. The molecular weight excluding hydrogens is 827 g/mol. The molecule has 0 spiro atoms. The third-order valence-corrected chi connectivity index (χ3v) is 13.6. The minimum atomic E-state index is -0.853. The van der Waals surface area contributed by atoms with Crippen molar-refractivity contribution in [2.45, 2.75) is 328 Å². The number of rotatable bonds is 55. The maximum absolute atomic E-state index is 12.5. The van der Waals surface area contributed by atoms with Gasteiger partial charge in [-0.05, 0) is 83.5 Å². The van der Waals surface area contributed by atoms with Gasteiger partial charge in [-0.1, -0.05) is 256 Å². The number of nitrogens with one attached hydrogen (secondary N) is 1. The molecule has 0 aromatic carbocycles. The van der Waals surface area contributed by atoms with Gasteiger partial charge in [0, 0.05) is 12.8 Å². The van der Waals surface area contributed by atoms with Crippen molar-refractivity contribution >= 4 is 11.9 Å². The van der Waals surface area contributed by atoms with Crippen LogP contribution < -0.4 is 5.32 Å². The molecule has 0 aliphatic heterocycles. The lowest BCUT2D eigenvalue weighted by molar-refractivity contribution is -0.143. The number of ether oxygens (including phenoxy) is 1. The molecule has 2 unspecified atom stereocenters. The molecule has 0 saturated carbocycles. The Kier molecular flexibility index (Phi) is 55.0. The van der Waals surface area contributed by atoms with Crippen molar-refractivity contribution in [2.24, 2.45) is 0 Å². The van der Waals surface area contributed by atoms with E-state index in [9.17, 15) is 19.8 Å². The summed E-state index contributed by atoms with van der Waals surface area (Å²) >= 11 is 0. The predicted octanol–water partition coefficient (Wildman–Crippen LogP) is 18.4. The smallest absolute Gasteiger partial charge is 0.305 e. The molecule has 0 radical (unpaired) electrons. The summed E-state index contributed by atoms with van der Waals surface area (Å²) < 4.78 is 5.46. The lowest BCUT2D eigenvalue weighted by Crippen LogP contribution is -2.45. The van der Waals surface area contributed by atoms with E-state index in [0.717, 1.165) is 57.8 Å². The van der Waals surface area contributed by atoms with Crippen molar-refractivity contribution in [1.82, 2.24) is 5.32 Å². The van der Waals surface area contributed by atoms with Crippen LogP contribution in [0.3, 0.4) is 0 Å². The molecule has 0 saturated heterocycles. The summed E-state index contributed by atoms with van der Waals surface area (Å²) in [7, 11) is 0. The first-order chi connectivity index (χ1) is 33.0. The number of amides is 1. The van der Waals surface area contributed by atoms with E-state index in [0.29, 0.717) is 19.4 Å². The van der Waals surface area contributed by atoms with Gasteiger partial charge in [0.25, 0.3) is 0 Å². The van der Waals surface area contributed by atoms with Crippen LogP contribution in [0.4, 0.5) is 0 Å². The van der Waals surface area contributed by atoms with Gasteiger partial charge in [0.15, 0.2) is 0 Å². The van der Waals surface area contributed by atoms with E-state index in [2.05, 4.69) is 43.5 Å². The number of carbonyl (C=O) groups is 2. The molecule has 6 nitrogen and oxygen atoms in total. The van der Waals surface area contributed by atoms with Gasteiger partial charge in [-0.3, -0.25) is 9.59 Å². The van der Waals surface area contributed by atoms with E-state index >= 15 is 0 Å². The second-order valence-corrected chi connectivity index (χ2v) is 20.3. The number of aliphatic hydroxyl groups is 2. The van der Waals surface area contributed by atoms with Gasteiger partial charge in [0.1, 0.15) is 0 Å². The summed E-state index contributed by atoms with van der Waals surface area (Å²) in [5.74, 6) is -0.0904. The Morgan fingerprint density at radius 3 is 1.07 bits per heavy atom. The quantitative estimate of drug-likeness (QED) is 0.0321. The Bertz CT molecular complexity index is 1090. The summed E-state index contributed by atoms with van der Waals surface area (Å²) in [6.45, 7) is 4.88. The van der Waals surface area contributed by atoms with Crippen molar-refractivity contribution in [3.05, 3.63) is 36.5 Å². The largest absolute Gasteiger partial charge is 0.466 e. The number of hydrogen-bond donors (Lipinski definition) is 3. The molecule has 394 valence electrons. The van der Waals surface area contributed by atoms with Crippen LogP contribution in [0.15, 0.2) is 36.5 Å². The van der Waals surface area contributed by atoms with Crippen molar-refractivity contribution in [3.63, 3.8) is 0 Å². The van der Waals surface area contributed by atoms with Crippen LogP contribution in [0.1, 0.15) is 316 Å². The Labute approximate surface area is 417 Å². The topological polar surface area (TPSA) is 95.9 Å². The first-order valence-electron chi connectivity index (χ1n) is 29.8. The van der Waals surface area contributed by atoms with Crippen LogP contribution in [-0.4, -0.2) is 47.4 Å². The number of esters is 1. The Morgan fingerprint density at radius 2 is 0.701 bits per heavy atom. The van der Waals surface area contributed by atoms with Crippen molar-refractivity contribution < 1.29 is 24.5 Å². The highest BCUT2D eigenvalue weighted by atomic mass is 16.5. The van der Waals surface area contributed by atoms with Crippen LogP contribution in [0.2, 0.25) is 0 Å². The molecule has 3 N–H and O–H groups in total. The maximum atomic E-state index is 12.5. The molecule has 0 fully saturated rings. The Hall–Kier alpha value is -1.92. The van der Waals surface area contributed by atoms with Gasteiger partial charge in [-0.15, -0.1) is 0 Å². The molecular formula is C61H115NO5. The number of aliphatic hydroxyl groups excluding tert-OH is 2. The SMILES string of the molecule is CCCCCC/C=C\CCCCCCCC(=O)OCCCCCCCC/C=C\CCCCCCCCCC(=O)NC(CO)C(O)/C=C/CCCCCCCCCCCCCCCCCCCC. The first-order valence-corrected chi connectivity index (χ1v) is 29.8. The summed E-state index contributed by atoms with van der Waals surface area (Å²) in [6, 6.07) is -0.638. The van der Waals surface area contributed by atoms with E-state index in [1.807, 2.05) is 6.08 Å². The molecule has 0 bridgehead atoms. The average Bonchev–Trinajstić information content (AvgIpc) is 3.33. The number of unbranched alkanes of at least 4 members (excludes halogenated alkanes) is 40. The Morgan fingerprint density at radius 1 is 0.403 bits per heavy atom. The van der Waals surface area contributed by atoms with Crippen molar-refractivity contribution in [1.29, 1.82) is 0 Å². The molecule has 0 aliphatic carbocycles. The van der Waals surface area contributed by atoms with Crippen LogP contribution in [0.5, 0.6) is 0 Å². The fourth-order valence-corrected chi connectivity index (χ4v) is 9.03. The highest BCUT2D eigenvalue weighted by Crippen LogP contribution is 2.16. The van der Waals surface area contributed by atoms with Crippen LogP contribution in [0, 0.1) is 0 Å². The monoisotopic (exact) mass is 942 g/mol. The van der Waals surface area contributed by atoms with E-state index in [1.165, 1.54) is 231 Å². The predicted molar refractivity (Wildman–Crippen MR) is 292 cm³/mol.